The highest BCUT2D eigenvalue weighted by Crippen LogP contribution is 2.26. The van der Waals surface area contributed by atoms with Crippen molar-refractivity contribution < 1.29 is 8.91 Å². The second-order valence-corrected chi connectivity index (χ2v) is 5.37. The fourth-order valence-corrected chi connectivity index (χ4v) is 2.15. The summed E-state index contributed by atoms with van der Waals surface area (Å²) in [5, 5.41) is 3.91. The number of aryl methyl sites for hydroxylation is 1. The van der Waals surface area contributed by atoms with E-state index in [4.69, 9.17) is 10.3 Å². The van der Waals surface area contributed by atoms with Crippen LogP contribution in [0.5, 0.6) is 0 Å². The molecule has 0 bridgehead atoms. The van der Waals surface area contributed by atoms with E-state index >= 15 is 0 Å². The average molecular weight is 328 g/mol. The molecule has 0 aliphatic heterocycles. The zero-order valence-corrected chi connectivity index (χ0v) is 12.2. The molecule has 1 heterocycles. The minimum atomic E-state index is -0.309. The van der Waals surface area contributed by atoms with Crippen LogP contribution in [0.2, 0.25) is 0 Å². The normalized spacial score (nSPS) is 12.6. The van der Waals surface area contributed by atoms with Gasteiger partial charge < -0.3 is 10.3 Å². The number of halogens is 2. The van der Waals surface area contributed by atoms with Crippen molar-refractivity contribution in [2.24, 2.45) is 11.7 Å². The van der Waals surface area contributed by atoms with Crippen LogP contribution < -0.4 is 5.73 Å². The predicted molar refractivity (Wildman–Crippen MR) is 73.9 cm³/mol. The van der Waals surface area contributed by atoms with Crippen molar-refractivity contribution in [2.75, 3.05) is 6.54 Å². The molecular weight excluding hydrogens is 313 g/mol. The molecule has 102 valence electrons. The molecule has 0 amide bonds. The first kappa shape index (κ1) is 14.1. The van der Waals surface area contributed by atoms with Gasteiger partial charge >= 0.3 is 0 Å². The molecule has 6 heteroatoms. The van der Waals surface area contributed by atoms with Crippen molar-refractivity contribution in [1.82, 2.24) is 10.1 Å². The van der Waals surface area contributed by atoms with Gasteiger partial charge in [-0.2, -0.15) is 4.98 Å². The van der Waals surface area contributed by atoms with E-state index < -0.39 is 0 Å². The third-order valence-corrected chi connectivity index (χ3v) is 3.55. The van der Waals surface area contributed by atoms with Gasteiger partial charge in [0.05, 0.1) is 0 Å². The Morgan fingerprint density at radius 2 is 2.26 bits per heavy atom. The number of nitrogens with zero attached hydrogens (tertiary/aromatic N) is 2. The molecule has 0 saturated heterocycles. The van der Waals surface area contributed by atoms with Crippen LogP contribution in [-0.4, -0.2) is 16.7 Å². The van der Waals surface area contributed by atoms with Gasteiger partial charge in [-0.3, -0.25) is 0 Å². The first-order chi connectivity index (χ1) is 9.10. The Labute approximate surface area is 119 Å². The maximum absolute atomic E-state index is 13.0. The van der Waals surface area contributed by atoms with Gasteiger partial charge in [0.25, 0.3) is 0 Å². The zero-order valence-electron chi connectivity index (χ0n) is 10.6. The lowest BCUT2D eigenvalue weighted by atomic mass is 10.1. The highest BCUT2D eigenvalue weighted by atomic mass is 79.9. The number of hydrogen-bond acceptors (Lipinski definition) is 4. The van der Waals surface area contributed by atoms with Crippen LogP contribution in [0.25, 0.3) is 11.4 Å². The Hall–Kier alpha value is -1.27. The molecule has 19 heavy (non-hydrogen) atoms. The van der Waals surface area contributed by atoms with Gasteiger partial charge in [-0.05, 0) is 53.0 Å². The summed E-state index contributed by atoms with van der Waals surface area (Å²) in [6.45, 7) is 2.72. The molecule has 1 atom stereocenters. The molecule has 1 unspecified atom stereocenters. The summed E-state index contributed by atoms with van der Waals surface area (Å²) >= 11 is 3.29. The smallest absolute Gasteiger partial charge is 0.226 e. The maximum Gasteiger partial charge on any atom is 0.226 e. The summed E-state index contributed by atoms with van der Waals surface area (Å²) in [6.07, 6.45) is 1.60. The monoisotopic (exact) mass is 327 g/mol. The predicted octanol–water partition coefficient (Wildman–Crippen LogP) is 3.17. The lowest BCUT2D eigenvalue weighted by Gasteiger charge is -2.04. The fourth-order valence-electron chi connectivity index (χ4n) is 1.62. The van der Waals surface area contributed by atoms with Crippen LogP contribution in [0.4, 0.5) is 4.39 Å². The number of nitrogens with two attached hydrogens (primary N) is 1. The molecule has 1 aromatic carbocycles. The molecule has 0 aliphatic carbocycles. The first-order valence-electron chi connectivity index (χ1n) is 6.08. The van der Waals surface area contributed by atoms with E-state index in [2.05, 4.69) is 33.0 Å². The molecule has 2 rings (SSSR count). The first-order valence-corrected chi connectivity index (χ1v) is 6.87. The van der Waals surface area contributed by atoms with Gasteiger partial charge in [0.15, 0.2) is 0 Å². The zero-order chi connectivity index (χ0) is 13.8. The lowest BCUT2D eigenvalue weighted by Crippen LogP contribution is -2.11. The van der Waals surface area contributed by atoms with Gasteiger partial charge in [0.1, 0.15) is 5.82 Å². The summed E-state index contributed by atoms with van der Waals surface area (Å²) in [7, 11) is 0. The van der Waals surface area contributed by atoms with Crippen LogP contribution in [0.15, 0.2) is 27.2 Å². The van der Waals surface area contributed by atoms with E-state index in [0.717, 1.165) is 6.42 Å². The Morgan fingerprint density at radius 1 is 1.47 bits per heavy atom. The third-order valence-electron chi connectivity index (χ3n) is 2.89. The minimum Gasteiger partial charge on any atom is -0.339 e. The second kappa shape index (κ2) is 6.25. The molecule has 0 radical (unpaired) electrons. The Kier molecular flexibility index (Phi) is 4.66. The standard InChI is InChI=1S/C13H15BrFN3O/c1-8(7-16)2-5-12-17-13(18-19-12)10-4-3-9(15)6-11(10)14/h3-4,6,8H,2,5,7,16H2,1H3. The van der Waals surface area contributed by atoms with Crippen LogP contribution in [0.3, 0.4) is 0 Å². The topological polar surface area (TPSA) is 64.9 Å². The van der Waals surface area contributed by atoms with Gasteiger partial charge in [-0.1, -0.05) is 12.1 Å². The van der Waals surface area contributed by atoms with Crippen molar-refractivity contribution in [3.63, 3.8) is 0 Å². The number of benzene rings is 1. The number of hydrogen-bond donors (Lipinski definition) is 1. The molecule has 2 aromatic rings. The summed E-state index contributed by atoms with van der Waals surface area (Å²) in [6, 6.07) is 4.37. The fraction of sp³-hybridized carbons (Fsp3) is 0.385. The molecule has 2 N–H and O–H groups in total. The SMILES string of the molecule is CC(CN)CCc1nc(-c2ccc(F)cc2Br)no1. The van der Waals surface area contributed by atoms with E-state index in [9.17, 15) is 4.39 Å². The van der Waals surface area contributed by atoms with Gasteiger partial charge in [0.2, 0.25) is 11.7 Å². The van der Waals surface area contributed by atoms with E-state index in [1.165, 1.54) is 12.1 Å². The summed E-state index contributed by atoms with van der Waals surface area (Å²) in [5.74, 6) is 1.15. The quantitative estimate of drug-likeness (QED) is 0.916. The molecule has 0 spiro atoms. The highest BCUT2D eigenvalue weighted by molar-refractivity contribution is 9.10. The minimum absolute atomic E-state index is 0.309. The molecule has 0 saturated carbocycles. The van der Waals surface area contributed by atoms with Crippen LogP contribution >= 0.6 is 15.9 Å². The molecule has 1 aromatic heterocycles. The van der Waals surface area contributed by atoms with Crippen LogP contribution in [0, 0.1) is 11.7 Å². The van der Waals surface area contributed by atoms with Crippen LogP contribution in [0.1, 0.15) is 19.2 Å². The number of aromatic nitrogens is 2. The van der Waals surface area contributed by atoms with Crippen molar-refractivity contribution in [1.29, 1.82) is 0 Å². The van der Waals surface area contributed by atoms with Crippen molar-refractivity contribution in [3.8, 4) is 11.4 Å². The summed E-state index contributed by atoms with van der Waals surface area (Å²) in [4.78, 5) is 4.31. The Bertz CT molecular complexity index is 559. The third kappa shape index (κ3) is 3.61. The van der Waals surface area contributed by atoms with Crippen molar-refractivity contribution in [3.05, 3.63) is 34.4 Å². The largest absolute Gasteiger partial charge is 0.339 e. The number of rotatable bonds is 5. The molecule has 4 nitrogen and oxygen atoms in total. The molecule has 0 fully saturated rings. The van der Waals surface area contributed by atoms with Crippen molar-refractivity contribution >= 4 is 15.9 Å². The van der Waals surface area contributed by atoms with E-state index in [1.54, 1.807) is 6.07 Å². The highest BCUT2D eigenvalue weighted by Gasteiger charge is 2.12. The average Bonchev–Trinajstić information content (AvgIpc) is 2.84. The molecular formula is C13H15BrFN3O. The molecule has 0 aliphatic rings. The van der Waals surface area contributed by atoms with Crippen LogP contribution in [-0.2, 0) is 6.42 Å². The van der Waals surface area contributed by atoms with Crippen molar-refractivity contribution in [2.45, 2.75) is 19.8 Å². The summed E-state index contributed by atoms with van der Waals surface area (Å²) < 4.78 is 18.8. The van der Waals surface area contributed by atoms with Gasteiger partial charge in [-0.25, -0.2) is 4.39 Å². The second-order valence-electron chi connectivity index (χ2n) is 4.52. The van der Waals surface area contributed by atoms with E-state index in [-0.39, 0.29) is 5.82 Å². The summed E-state index contributed by atoms with van der Waals surface area (Å²) in [5.41, 5.74) is 6.27. The van der Waals surface area contributed by atoms with E-state index in [0.29, 0.717) is 40.6 Å². The van der Waals surface area contributed by atoms with Gasteiger partial charge in [0, 0.05) is 16.5 Å². The Morgan fingerprint density at radius 3 is 2.95 bits per heavy atom. The van der Waals surface area contributed by atoms with E-state index in [1.807, 2.05) is 0 Å². The maximum atomic E-state index is 13.0. The van der Waals surface area contributed by atoms with Gasteiger partial charge in [-0.15, -0.1) is 0 Å². The Balaban J connectivity index is 2.12. The lowest BCUT2D eigenvalue weighted by molar-refractivity contribution is 0.366.